The first-order valence-electron chi connectivity index (χ1n) is 7.44. The molecule has 0 radical (unpaired) electrons. The number of benzene rings is 1. The fourth-order valence-corrected chi connectivity index (χ4v) is 2.62. The second-order valence-corrected chi connectivity index (χ2v) is 6.59. The van der Waals surface area contributed by atoms with Crippen LogP contribution in [0.2, 0.25) is 0 Å². The summed E-state index contributed by atoms with van der Waals surface area (Å²) in [6, 6.07) is 11.5. The van der Waals surface area contributed by atoms with Crippen LogP contribution in [-0.4, -0.2) is 24.3 Å². The molecule has 2 aromatic rings. The number of carbonyl (C=O) groups is 1. The zero-order valence-corrected chi connectivity index (χ0v) is 14.1. The zero-order valence-electron chi connectivity index (χ0n) is 13.3. The van der Waals surface area contributed by atoms with Gasteiger partial charge in [-0.25, -0.2) is 4.31 Å². The van der Waals surface area contributed by atoms with Crippen LogP contribution in [-0.2, 0) is 6.42 Å². The van der Waals surface area contributed by atoms with Crippen LogP contribution >= 0.6 is 11.9 Å². The van der Waals surface area contributed by atoms with Crippen molar-refractivity contribution in [2.45, 2.75) is 31.3 Å². The van der Waals surface area contributed by atoms with Crippen LogP contribution in [0.3, 0.4) is 0 Å². The molecular formula is C17H22N2O2S. The van der Waals surface area contributed by atoms with Crippen LogP contribution in [0, 0.1) is 0 Å². The van der Waals surface area contributed by atoms with Gasteiger partial charge in [-0.3, -0.25) is 4.79 Å². The highest BCUT2D eigenvalue weighted by Crippen LogP contribution is 2.23. The summed E-state index contributed by atoms with van der Waals surface area (Å²) in [4.78, 5) is 12.1. The molecular weight excluding hydrogens is 296 g/mol. The predicted molar refractivity (Wildman–Crippen MR) is 91.3 cm³/mol. The predicted octanol–water partition coefficient (Wildman–Crippen LogP) is 4.44. The van der Waals surface area contributed by atoms with Gasteiger partial charge in [0.2, 0.25) is 0 Å². The average Bonchev–Trinajstić information content (AvgIpc) is 2.94. The molecule has 1 heterocycles. The summed E-state index contributed by atoms with van der Waals surface area (Å²) < 4.78 is 7.43. The van der Waals surface area contributed by atoms with Crippen molar-refractivity contribution in [3.8, 4) is 0 Å². The van der Waals surface area contributed by atoms with Crippen molar-refractivity contribution in [3.05, 3.63) is 47.7 Å². The maximum absolute atomic E-state index is 12.1. The van der Waals surface area contributed by atoms with Gasteiger partial charge in [0.25, 0.3) is 5.91 Å². The Morgan fingerprint density at radius 3 is 2.55 bits per heavy atom. The summed E-state index contributed by atoms with van der Waals surface area (Å²) in [5, 5.41) is 3.55. The summed E-state index contributed by atoms with van der Waals surface area (Å²) >= 11 is 1.44. The van der Waals surface area contributed by atoms with Crippen molar-refractivity contribution < 1.29 is 9.21 Å². The lowest BCUT2D eigenvalue weighted by atomic mass is 10.1. The largest absolute Gasteiger partial charge is 0.443 e. The molecule has 2 rings (SSSR count). The van der Waals surface area contributed by atoms with Gasteiger partial charge in [-0.05, 0) is 68.7 Å². The third-order valence-corrected chi connectivity index (χ3v) is 3.87. The Morgan fingerprint density at radius 2 is 1.91 bits per heavy atom. The lowest BCUT2D eigenvalue weighted by Gasteiger charge is -2.06. The van der Waals surface area contributed by atoms with Crippen LogP contribution in [0.1, 0.15) is 35.9 Å². The summed E-state index contributed by atoms with van der Waals surface area (Å²) in [7, 11) is 3.85. The molecule has 118 valence electrons. The van der Waals surface area contributed by atoms with Crippen LogP contribution in [0.15, 0.2) is 45.9 Å². The van der Waals surface area contributed by atoms with E-state index in [0.717, 1.165) is 12.1 Å². The van der Waals surface area contributed by atoms with Crippen LogP contribution in [0.25, 0.3) is 0 Å². The molecule has 1 N–H and O–H groups in total. The number of carbonyl (C=O) groups excluding carboxylic acids is 1. The lowest BCUT2D eigenvalue weighted by Crippen LogP contribution is -2.10. The molecule has 5 heteroatoms. The first-order valence-corrected chi connectivity index (χ1v) is 8.21. The second kappa shape index (κ2) is 8.06. The zero-order chi connectivity index (χ0) is 15.9. The van der Waals surface area contributed by atoms with Crippen LogP contribution in [0.5, 0.6) is 0 Å². The number of amides is 1. The normalized spacial score (nSPS) is 10.9. The number of hydrogen-bond donors (Lipinski definition) is 1. The Hall–Kier alpha value is -1.72. The fraction of sp³-hybridized carbons (Fsp3) is 0.353. The molecule has 0 aliphatic rings. The summed E-state index contributed by atoms with van der Waals surface area (Å²) in [5.74, 6) is 0.0892. The van der Waals surface area contributed by atoms with E-state index in [1.54, 1.807) is 12.1 Å². The molecule has 0 fully saturated rings. The first-order chi connectivity index (χ1) is 10.6. The molecule has 1 aromatic carbocycles. The van der Waals surface area contributed by atoms with Gasteiger partial charge in [-0.1, -0.05) is 25.5 Å². The van der Waals surface area contributed by atoms with E-state index in [1.165, 1.54) is 30.4 Å². The highest BCUT2D eigenvalue weighted by atomic mass is 32.2. The van der Waals surface area contributed by atoms with E-state index in [9.17, 15) is 4.79 Å². The van der Waals surface area contributed by atoms with Gasteiger partial charge in [0.15, 0.2) is 10.9 Å². The van der Waals surface area contributed by atoms with E-state index >= 15 is 0 Å². The number of aryl methyl sites for hydroxylation is 1. The van der Waals surface area contributed by atoms with Crippen LogP contribution < -0.4 is 5.32 Å². The van der Waals surface area contributed by atoms with E-state index in [2.05, 4.69) is 24.4 Å². The molecule has 0 aliphatic carbocycles. The molecule has 0 atom stereocenters. The van der Waals surface area contributed by atoms with Crippen molar-refractivity contribution in [2.75, 3.05) is 19.4 Å². The summed E-state index contributed by atoms with van der Waals surface area (Å²) in [6.07, 6.45) is 3.45. The van der Waals surface area contributed by atoms with Gasteiger partial charge in [-0.2, -0.15) is 0 Å². The maximum atomic E-state index is 12.1. The van der Waals surface area contributed by atoms with Gasteiger partial charge < -0.3 is 9.73 Å². The van der Waals surface area contributed by atoms with E-state index in [0.29, 0.717) is 10.9 Å². The number of anilines is 1. The van der Waals surface area contributed by atoms with E-state index in [1.807, 2.05) is 30.5 Å². The Bertz CT molecular complexity index is 605. The van der Waals surface area contributed by atoms with E-state index in [-0.39, 0.29) is 5.91 Å². The topological polar surface area (TPSA) is 45.5 Å². The van der Waals surface area contributed by atoms with Gasteiger partial charge in [0.1, 0.15) is 0 Å². The third-order valence-electron chi connectivity index (χ3n) is 3.11. The van der Waals surface area contributed by atoms with Crippen molar-refractivity contribution in [1.82, 2.24) is 4.31 Å². The molecule has 0 bridgehead atoms. The Labute approximate surface area is 136 Å². The smallest absolute Gasteiger partial charge is 0.291 e. The van der Waals surface area contributed by atoms with Gasteiger partial charge in [0.05, 0.1) is 0 Å². The van der Waals surface area contributed by atoms with Gasteiger partial charge in [0, 0.05) is 5.69 Å². The molecule has 0 aliphatic heterocycles. The molecule has 1 aromatic heterocycles. The molecule has 0 spiro atoms. The molecule has 4 nitrogen and oxygen atoms in total. The number of nitrogens with one attached hydrogen (secondary N) is 1. The van der Waals surface area contributed by atoms with Gasteiger partial charge in [-0.15, -0.1) is 0 Å². The minimum atomic E-state index is -0.230. The third kappa shape index (κ3) is 4.93. The Balaban J connectivity index is 1.95. The number of hydrogen-bond acceptors (Lipinski definition) is 4. The van der Waals surface area contributed by atoms with Crippen molar-refractivity contribution >= 4 is 23.5 Å². The monoisotopic (exact) mass is 318 g/mol. The fourth-order valence-electron chi connectivity index (χ4n) is 2.00. The molecule has 0 saturated heterocycles. The molecule has 0 unspecified atom stereocenters. The highest BCUT2D eigenvalue weighted by molar-refractivity contribution is 7.96. The SMILES string of the molecule is CCCCc1ccc(NC(=O)c2ccc(SN(C)C)o2)cc1. The van der Waals surface area contributed by atoms with Crippen molar-refractivity contribution in [3.63, 3.8) is 0 Å². The Morgan fingerprint density at radius 1 is 1.18 bits per heavy atom. The molecule has 22 heavy (non-hydrogen) atoms. The van der Waals surface area contributed by atoms with Crippen LogP contribution in [0.4, 0.5) is 5.69 Å². The quantitative estimate of drug-likeness (QED) is 0.766. The Kier molecular flexibility index (Phi) is 6.10. The number of rotatable bonds is 7. The summed E-state index contributed by atoms with van der Waals surface area (Å²) in [6.45, 7) is 2.18. The lowest BCUT2D eigenvalue weighted by molar-refractivity contribution is 0.0992. The first kappa shape index (κ1) is 16.6. The van der Waals surface area contributed by atoms with E-state index in [4.69, 9.17) is 4.42 Å². The maximum Gasteiger partial charge on any atom is 0.291 e. The molecule has 1 amide bonds. The van der Waals surface area contributed by atoms with Crippen molar-refractivity contribution in [1.29, 1.82) is 0 Å². The molecule has 0 saturated carbocycles. The number of unbranched alkanes of at least 4 members (excludes halogenated alkanes) is 1. The number of furan rings is 1. The minimum Gasteiger partial charge on any atom is -0.443 e. The number of nitrogens with zero attached hydrogens (tertiary/aromatic N) is 1. The standard InChI is InChI=1S/C17H22N2O2S/c1-4-5-6-13-7-9-14(10-8-13)18-17(20)15-11-12-16(21-15)22-19(2)3/h7-12H,4-6H2,1-3H3,(H,18,20). The van der Waals surface area contributed by atoms with Gasteiger partial charge >= 0.3 is 0 Å². The minimum absolute atomic E-state index is 0.230. The second-order valence-electron chi connectivity index (χ2n) is 5.28. The van der Waals surface area contributed by atoms with E-state index < -0.39 is 0 Å². The van der Waals surface area contributed by atoms with Crippen molar-refractivity contribution in [2.24, 2.45) is 0 Å². The highest BCUT2D eigenvalue weighted by Gasteiger charge is 2.12. The summed E-state index contributed by atoms with van der Waals surface area (Å²) in [5.41, 5.74) is 2.07. The average molecular weight is 318 g/mol.